The number of rotatable bonds is 8. The van der Waals surface area contributed by atoms with Crippen molar-refractivity contribution in [1.82, 2.24) is 5.32 Å². The summed E-state index contributed by atoms with van der Waals surface area (Å²) in [6.45, 7) is 1.32. The zero-order chi connectivity index (χ0) is 14.9. The van der Waals surface area contributed by atoms with Gasteiger partial charge in [-0.3, -0.25) is 0 Å². The molecule has 0 heterocycles. The van der Waals surface area contributed by atoms with Gasteiger partial charge in [0.05, 0.1) is 19.3 Å². The van der Waals surface area contributed by atoms with Gasteiger partial charge < -0.3 is 19.9 Å². The standard InChI is InChI=1S/C17H21NO3/c1-20-11-10-18-17(13-19)14-6-5-9-16(12-14)21-15-7-3-2-4-8-15/h2-9,12,17-19H,10-11,13H2,1H3. The van der Waals surface area contributed by atoms with E-state index in [4.69, 9.17) is 9.47 Å². The maximum absolute atomic E-state index is 9.52. The molecule has 4 nitrogen and oxygen atoms in total. The molecule has 1 unspecified atom stereocenters. The average molecular weight is 287 g/mol. The molecule has 0 bridgehead atoms. The molecule has 2 rings (SSSR count). The minimum atomic E-state index is -0.125. The van der Waals surface area contributed by atoms with Crippen molar-refractivity contribution < 1.29 is 14.6 Å². The van der Waals surface area contributed by atoms with Gasteiger partial charge in [-0.1, -0.05) is 30.3 Å². The molecule has 0 aliphatic rings. The van der Waals surface area contributed by atoms with Gasteiger partial charge in [0.2, 0.25) is 0 Å². The fourth-order valence-corrected chi connectivity index (χ4v) is 2.04. The molecule has 2 N–H and O–H groups in total. The van der Waals surface area contributed by atoms with E-state index in [0.29, 0.717) is 13.2 Å². The van der Waals surface area contributed by atoms with Crippen LogP contribution in [0.2, 0.25) is 0 Å². The smallest absolute Gasteiger partial charge is 0.127 e. The van der Waals surface area contributed by atoms with Gasteiger partial charge in [0.15, 0.2) is 0 Å². The normalized spacial score (nSPS) is 12.1. The summed E-state index contributed by atoms with van der Waals surface area (Å²) < 4.78 is 10.8. The molecule has 0 spiro atoms. The molecule has 0 aromatic heterocycles. The first kappa shape index (κ1) is 15.5. The van der Waals surface area contributed by atoms with Crippen LogP contribution in [-0.4, -0.2) is 32.0 Å². The second-order valence-electron chi connectivity index (χ2n) is 4.67. The highest BCUT2D eigenvalue weighted by Crippen LogP contribution is 2.24. The van der Waals surface area contributed by atoms with Crippen LogP contribution in [0.5, 0.6) is 11.5 Å². The largest absolute Gasteiger partial charge is 0.457 e. The second-order valence-corrected chi connectivity index (χ2v) is 4.67. The lowest BCUT2D eigenvalue weighted by atomic mass is 10.1. The van der Waals surface area contributed by atoms with Gasteiger partial charge >= 0.3 is 0 Å². The van der Waals surface area contributed by atoms with Crippen LogP contribution in [0, 0.1) is 0 Å². The molecule has 2 aromatic rings. The lowest BCUT2D eigenvalue weighted by molar-refractivity contribution is 0.184. The Hall–Kier alpha value is -1.88. The maximum atomic E-state index is 9.52. The Morgan fingerprint density at radius 3 is 2.52 bits per heavy atom. The molecule has 2 aromatic carbocycles. The third-order valence-corrected chi connectivity index (χ3v) is 3.12. The second kappa shape index (κ2) is 8.42. The highest BCUT2D eigenvalue weighted by molar-refractivity contribution is 5.35. The van der Waals surface area contributed by atoms with E-state index in [2.05, 4.69) is 5.32 Å². The van der Waals surface area contributed by atoms with Gasteiger partial charge in [-0.05, 0) is 29.8 Å². The number of benzene rings is 2. The Balaban J connectivity index is 2.05. The summed E-state index contributed by atoms with van der Waals surface area (Å²) in [6.07, 6.45) is 0. The quantitative estimate of drug-likeness (QED) is 0.733. The van der Waals surface area contributed by atoms with Crippen molar-refractivity contribution >= 4 is 0 Å². The first-order valence-corrected chi connectivity index (χ1v) is 6.99. The van der Waals surface area contributed by atoms with E-state index in [1.54, 1.807) is 7.11 Å². The van der Waals surface area contributed by atoms with Crippen LogP contribution in [0.3, 0.4) is 0 Å². The molecule has 4 heteroatoms. The topological polar surface area (TPSA) is 50.7 Å². The van der Waals surface area contributed by atoms with Crippen molar-refractivity contribution in [2.75, 3.05) is 26.9 Å². The van der Waals surface area contributed by atoms with Crippen LogP contribution in [0.25, 0.3) is 0 Å². The van der Waals surface area contributed by atoms with Gasteiger partial charge in [-0.2, -0.15) is 0 Å². The minimum Gasteiger partial charge on any atom is -0.457 e. The Kier molecular flexibility index (Phi) is 6.22. The van der Waals surface area contributed by atoms with Crippen molar-refractivity contribution in [1.29, 1.82) is 0 Å². The molecule has 0 radical (unpaired) electrons. The highest BCUT2D eigenvalue weighted by atomic mass is 16.5. The van der Waals surface area contributed by atoms with E-state index in [-0.39, 0.29) is 12.6 Å². The third-order valence-electron chi connectivity index (χ3n) is 3.12. The van der Waals surface area contributed by atoms with Gasteiger partial charge in [0, 0.05) is 13.7 Å². The first-order chi connectivity index (χ1) is 10.3. The van der Waals surface area contributed by atoms with Crippen molar-refractivity contribution in [2.45, 2.75) is 6.04 Å². The van der Waals surface area contributed by atoms with E-state index in [1.807, 2.05) is 54.6 Å². The van der Waals surface area contributed by atoms with E-state index < -0.39 is 0 Å². The number of hydrogen-bond donors (Lipinski definition) is 2. The molecule has 0 aliphatic carbocycles. The molecule has 1 atom stereocenters. The minimum absolute atomic E-state index is 0.0263. The zero-order valence-corrected chi connectivity index (χ0v) is 12.2. The van der Waals surface area contributed by atoms with Crippen LogP contribution >= 0.6 is 0 Å². The third kappa shape index (κ3) is 4.86. The fourth-order valence-electron chi connectivity index (χ4n) is 2.04. The highest BCUT2D eigenvalue weighted by Gasteiger charge is 2.10. The van der Waals surface area contributed by atoms with Crippen molar-refractivity contribution in [2.24, 2.45) is 0 Å². The number of nitrogens with one attached hydrogen (secondary N) is 1. The molecule has 21 heavy (non-hydrogen) atoms. The predicted molar refractivity (Wildman–Crippen MR) is 82.7 cm³/mol. The molecule has 0 amide bonds. The summed E-state index contributed by atoms with van der Waals surface area (Å²) in [5, 5.41) is 12.8. The Morgan fingerprint density at radius 1 is 1.05 bits per heavy atom. The number of ether oxygens (including phenoxy) is 2. The van der Waals surface area contributed by atoms with Crippen molar-refractivity contribution in [3.8, 4) is 11.5 Å². The molecule has 0 saturated heterocycles. The van der Waals surface area contributed by atoms with Crippen LogP contribution in [0.1, 0.15) is 11.6 Å². The maximum Gasteiger partial charge on any atom is 0.127 e. The zero-order valence-electron chi connectivity index (χ0n) is 12.2. The summed E-state index contributed by atoms with van der Waals surface area (Å²) in [7, 11) is 1.66. The molecular weight excluding hydrogens is 266 g/mol. The van der Waals surface area contributed by atoms with E-state index >= 15 is 0 Å². The Bertz CT molecular complexity index is 531. The summed E-state index contributed by atoms with van der Waals surface area (Å²) in [6, 6.07) is 17.2. The summed E-state index contributed by atoms with van der Waals surface area (Å²) in [5.74, 6) is 1.55. The fraction of sp³-hybridized carbons (Fsp3) is 0.294. The summed E-state index contributed by atoms with van der Waals surface area (Å²) >= 11 is 0. The van der Waals surface area contributed by atoms with Crippen LogP contribution < -0.4 is 10.1 Å². The van der Waals surface area contributed by atoms with Crippen LogP contribution in [0.15, 0.2) is 54.6 Å². The van der Waals surface area contributed by atoms with E-state index in [0.717, 1.165) is 17.1 Å². The van der Waals surface area contributed by atoms with Gasteiger partial charge in [0.1, 0.15) is 11.5 Å². The Morgan fingerprint density at radius 2 is 1.81 bits per heavy atom. The van der Waals surface area contributed by atoms with Gasteiger partial charge in [-0.25, -0.2) is 0 Å². The number of hydrogen-bond acceptors (Lipinski definition) is 4. The van der Waals surface area contributed by atoms with Gasteiger partial charge in [0.25, 0.3) is 0 Å². The molecule has 0 saturated carbocycles. The molecular formula is C17H21NO3. The molecule has 0 aliphatic heterocycles. The van der Waals surface area contributed by atoms with Gasteiger partial charge in [-0.15, -0.1) is 0 Å². The molecule has 0 fully saturated rings. The summed E-state index contributed by atoms with van der Waals surface area (Å²) in [5.41, 5.74) is 0.988. The number of aliphatic hydroxyl groups is 1. The average Bonchev–Trinajstić information content (AvgIpc) is 2.53. The van der Waals surface area contributed by atoms with Crippen molar-refractivity contribution in [3.63, 3.8) is 0 Å². The SMILES string of the molecule is COCCNC(CO)c1cccc(Oc2ccccc2)c1. The number of aliphatic hydroxyl groups excluding tert-OH is 1. The lowest BCUT2D eigenvalue weighted by Gasteiger charge is -2.17. The monoisotopic (exact) mass is 287 g/mol. The Labute approximate surface area is 125 Å². The first-order valence-electron chi connectivity index (χ1n) is 6.99. The van der Waals surface area contributed by atoms with E-state index in [1.165, 1.54) is 0 Å². The van der Waals surface area contributed by atoms with Crippen molar-refractivity contribution in [3.05, 3.63) is 60.2 Å². The number of para-hydroxylation sites is 1. The van der Waals surface area contributed by atoms with Crippen LogP contribution in [0.4, 0.5) is 0 Å². The molecule has 112 valence electrons. The lowest BCUT2D eigenvalue weighted by Crippen LogP contribution is -2.27. The summed E-state index contributed by atoms with van der Waals surface area (Å²) in [4.78, 5) is 0. The van der Waals surface area contributed by atoms with Crippen LogP contribution in [-0.2, 0) is 4.74 Å². The predicted octanol–water partition coefficient (Wildman–Crippen LogP) is 2.75. The van der Waals surface area contributed by atoms with E-state index in [9.17, 15) is 5.11 Å². The number of methoxy groups -OCH3 is 1.